The van der Waals surface area contributed by atoms with Crippen LogP contribution in [-0.4, -0.2) is 68.2 Å². The highest BCUT2D eigenvalue weighted by molar-refractivity contribution is 7.44. The van der Waals surface area contributed by atoms with Crippen molar-refractivity contribution in [2.75, 3.05) is 18.5 Å². The summed E-state index contributed by atoms with van der Waals surface area (Å²) < 4.78 is 35.6. The third-order valence-electron chi connectivity index (χ3n) is 5.92. The molecule has 0 spiro atoms. The lowest BCUT2D eigenvalue weighted by molar-refractivity contribution is -0.223. The molecular weight excluding hydrogens is 519 g/mol. The second kappa shape index (κ2) is 11.3. The Labute approximate surface area is 217 Å². The monoisotopic (exact) mass is 545 g/mol. The highest BCUT2D eigenvalue weighted by Crippen LogP contribution is 2.42. The van der Waals surface area contributed by atoms with Crippen LogP contribution in [0.1, 0.15) is 25.1 Å². The molecular formula is C23H26N6O8P-. The van der Waals surface area contributed by atoms with E-state index in [1.165, 1.54) is 12.7 Å². The Morgan fingerprint density at radius 1 is 1.21 bits per heavy atom. The molecule has 3 aromatic rings. The molecule has 3 unspecified atom stereocenters. The van der Waals surface area contributed by atoms with Gasteiger partial charge in [-0.15, -0.1) is 0 Å². The van der Waals surface area contributed by atoms with Gasteiger partial charge in [-0.3, -0.25) is 14.4 Å². The first-order chi connectivity index (χ1) is 18.3. The van der Waals surface area contributed by atoms with E-state index in [1.54, 1.807) is 10.6 Å². The quantitative estimate of drug-likeness (QED) is 0.332. The van der Waals surface area contributed by atoms with Gasteiger partial charge in [-0.05, 0) is 18.1 Å². The summed E-state index contributed by atoms with van der Waals surface area (Å²) in [5, 5.41) is 5.36. The number of rotatable bonds is 9. The summed E-state index contributed by atoms with van der Waals surface area (Å²) in [6.07, 6.45) is 3.17. The number of hydrogen-bond acceptors (Lipinski definition) is 10. The van der Waals surface area contributed by atoms with E-state index in [0.717, 1.165) is 12.0 Å². The molecule has 14 nitrogen and oxygen atoms in total. The predicted octanol–water partition coefficient (Wildman–Crippen LogP) is 1.56. The third kappa shape index (κ3) is 5.92. The van der Waals surface area contributed by atoms with E-state index in [0.29, 0.717) is 17.7 Å². The number of hydrogen-bond donors (Lipinski definition) is 3. The molecule has 4 heterocycles. The van der Waals surface area contributed by atoms with Gasteiger partial charge >= 0.3 is 6.03 Å². The molecule has 0 bridgehead atoms. The van der Waals surface area contributed by atoms with Gasteiger partial charge in [0.15, 0.2) is 29.5 Å². The van der Waals surface area contributed by atoms with Crippen molar-refractivity contribution >= 4 is 36.9 Å². The summed E-state index contributed by atoms with van der Waals surface area (Å²) in [5.41, 5.74) is 1.61. The fraction of sp³-hybridized carbons (Fsp3) is 0.391. The molecule has 2 aliphatic heterocycles. The summed E-state index contributed by atoms with van der Waals surface area (Å²) >= 11 is 0. The number of phosphoric ester groups is 1. The van der Waals surface area contributed by atoms with Gasteiger partial charge in [-0.2, -0.15) is 0 Å². The number of ether oxygens (including phenoxy) is 3. The van der Waals surface area contributed by atoms with Crippen molar-refractivity contribution in [3.63, 3.8) is 0 Å². The Bertz CT molecular complexity index is 1350. The normalized spacial score (nSPS) is 26.4. The van der Waals surface area contributed by atoms with Crippen LogP contribution in [0.5, 0.6) is 0 Å². The number of phosphoric acid groups is 1. The molecule has 6 atom stereocenters. The van der Waals surface area contributed by atoms with E-state index in [1.807, 2.05) is 43.3 Å². The standard InChI is InChI=1S/C23H27N6O8P/c1-2-10-24-23(30)28-20-17-21(26-12-25-20)29(13-27-17)22-19-18(15(35-22)11-34-38(31,32)33)36-16(37-19)9-8-14-6-4-3-5-7-14/h3-9,12-13,15-16,18-19,22H,2,10-11H2,1H3,(H2,31,32,33)(H2,24,25,26,28,30)/p-1/b9-8+/t15-,16?,18?,19+,22-/m1/s1. The Morgan fingerprint density at radius 2 is 2.00 bits per heavy atom. The zero-order valence-electron chi connectivity index (χ0n) is 20.2. The predicted molar refractivity (Wildman–Crippen MR) is 131 cm³/mol. The first kappa shape index (κ1) is 26.4. The minimum absolute atomic E-state index is 0.205. The third-order valence-corrected chi connectivity index (χ3v) is 6.39. The van der Waals surface area contributed by atoms with E-state index in [-0.39, 0.29) is 5.82 Å². The van der Waals surface area contributed by atoms with Crippen LogP contribution in [0.4, 0.5) is 10.6 Å². The lowest BCUT2D eigenvalue weighted by Gasteiger charge is -2.22. The van der Waals surface area contributed by atoms with E-state index >= 15 is 0 Å². The molecule has 2 aliphatic rings. The van der Waals surface area contributed by atoms with Crippen molar-refractivity contribution in [1.82, 2.24) is 24.8 Å². The summed E-state index contributed by atoms with van der Waals surface area (Å²) in [4.78, 5) is 45.3. The topological polar surface area (TPSA) is 182 Å². The average Bonchev–Trinajstić information content (AvgIpc) is 3.59. The molecule has 38 heavy (non-hydrogen) atoms. The number of imidazole rings is 1. The van der Waals surface area contributed by atoms with Crippen LogP contribution in [0.15, 0.2) is 49.1 Å². The summed E-state index contributed by atoms with van der Waals surface area (Å²) in [6, 6.07) is 9.13. The van der Waals surface area contributed by atoms with E-state index in [2.05, 4.69) is 30.1 Å². The Balaban J connectivity index is 1.40. The van der Waals surface area contributed by atoms with Crippen LogP contribution < -0.4 is 15.5 Å². The van der Waals surface area contributed by atoms with E-state index in [4.69, 9.17) is 19.1 Å². The number of fused-ring (bicyclic) bond motifs is 2. The van der Waals surface area contributed by atoms with Gasteiger partial charge in [0.05, 0.1) is 12.9 Å². The first-order valence-electron chi connectivity index (χ1n) is 11.9. The lowest BCUT2D eigenvalue weighted by atomic mass is 10.1. The van der Waals surface area contributed by atoms with Crippen molar-refractivity contribution in [1.29, 1.82) is 0 Å². The highest BCUT2D eigenvalue weighted by Gasteiger charge is 2.53. The molecule has 15 heteroatoms. The number of aromatic nitrogens is 4. The minimum Gasteiger partial charge on any atom is -0.756 e. The van der Waals surface area contributed by atoms with Crippen LogP contribution in [-0.2, 0) is 23.3 Å². The maximum atomic E-state index is 12.2. The van der Waals surface area contributed by atoms with Gasteiger partial charge in [-0.25, -0.2) is 19.7 Å². The molecule has 0 saturated carbocycles. The van der Waals surface area contributed by atoms with Crippen LogP contribution >= 0.6 is 7.82 Å². The van der Waals surface area contributed by atoms with Gasteiger partial charge in [0.25, 0.3) is 7.82 Å². The Kier molecular flexibility index (Phi) is 7.81. The lowest BCUT2D eigenvalue weighted by Crippen LogP contribution is -2.32. The minimum atomic E-state index is -5.00. The summed E-state index contributed by atoms with van der Waals surface area (Å²) in [6.45, 7) is 1.95. The van der Waals surface area contributed by atoms with Gasteiger partial charge in [0.2, 0.25) is 0 Å². The number of carbonyl (C=O) groups is 1. The molecule has 2 amide bonds. The van der Waals surface area contributed by atoms with Gasteiger partial charge in [0, 0.05) is 6.54 Å². The smallest absolute Gasteiger partial charge is 0.320 e. The van der Waals surface area contributed by atoms with Crippen LogP contribution in [0.2, 0.25) is 0 Å². The maximum absolute atomic E-state index is 12.2. The summed E-state index contributed by atoms with van der Waals surface area (Å²) in [5.74, 6) is 0.205. The fourth-order valence-corrected chi connectivity index (χ4v) is 4.58. The highest BCUT2D eigenvalue weighted by atomic mass is 31.2. The summed E-state index contributed by atoms with van der Waals surface area (Å²) in [7, 11) is -5.00. The van der Waals surface area contributed by atoms with Crippen molar-refractivity contribution in [2.24, 2.45) is 0 Å². The molecule has 2 saturated heterocycles. The van der Waals surface area contributed by atoms with Gasteiger partial charge in [-0.1, -0.05) is 43.3 Å². The first-order valence-corrected chi connectivity index (χ1v) is 13.4. The number of benzene rings is 1. The number of carbonyl (C=O) groups excluding carboxylic acids is 1. The largest absolute Gasteiger partial charge is 0.756 e. The Morgan fingerprint density at radius 3 is 2.76 bits per heavy atom. The van der Waals surface area contributed by atoms with Crippen molar-refractivity contribution < 1.29 is 37.9 Å². The number of nitrogens with zero attached hydrogens (tertiary/aromatic N) is 4. The zero-order valence-corrected chi connectivity index (χ0v) is 21.1. The van der Waals surface area contributed by atoms with E-state index in [9.17, 15) is 14.3 Å². The maximum Gasteiger partial charge on any atom is 0.320 e. The van der Waals surface area contributed by atoms with Crippen molar-refractivity contribution in [3.05, 3.63) is 54.6 Å². The molecule has 0 radical (unpaired) electrons. The number of nitrogens with one attached hydrogen (secondary N) is 2. The molecule has 5 rings (SSSR count). The molecule has 2 aromatic heterocycles. The van der Waals surface area contributed by atoms with Crippen LogP contribution in [0, 0.1) is 0 Å². The van der Waals surface area contributed by atoms with Gasteiger partial charge in [0.1, 0.15) is 24.6 Å². The van der Waals surface area contributed by atoms with Crippen LogP contribution in [0.25, 0.3) is 17.2 Å². The Hall–Kier alpha value is -3.23. The molecule has 3 N–H and O–H groups in total. The number of anilines is 1. The molecule has 1 aromatic carbocycles. The number of urea groups is 1. The zero-order chi connectivity index (χ0) is 26.7. The van der Waals surface area contributed by atoms with E-state index < -0.39 is 51.3 Å². The molecule has 2 fully saturated rings. The fourth-order valence-electron chi connectivity index (χ4n) is 4.25. The van der Waals surface area contributed by atoms with Crippen molar-refractivity contribution in [3.8, 4) is 0 Å². The van der Waals surface area contributed by atoms with Crippen LogP contribution in [0.3, 0.4) is 0 Å². The number of amides is 2. The SMILES string of the molecule is CCCNC(=O)Nc1ncnc2c1ncn2[C@@H]1O[C@H](COP(=O)([O-])O)C2OC(/C=C/c3ccccc3)O[C@@H]21. The van der Waals surface area contributed by atoms with Crippen molar-refractivity contribution in [2.45, 2.75) is 44.2 Å². The second-order valence-corrected chi connectivity index (χ2v) is 9.79. The second-order valence-electron chi connectivity index (χ2n) is 8.60. The van der Waals surface area contributed by atoms with Gasteiger partial charge < -0.3 is 33.8 Å². The molecule has 202 valence electrons. The molecule has 0 aliphatic carbocycles. The average molecular weight is 545 g/mol.